The molecule has 9 nitrogen and oxygen atoms in total. The monoisotopic (exact) mass is 664 g/mol. The maximum absolute atomic E-state index is 14.1. The summed E-state index contributed by atoms with van der Waals surface area (Å²) in [6, 6.07) is 21.2. The van der Waals surface area contributed by atoms with E-state index in [1.165, 1.54) is 5.57 Å². The minimum Gasteiger partial charge on any atom is -0.399 e. The zero-order chi connectivity index (χ0) is 35.6. The lowest BCUT2D eigenvalue weighted by molar-refractivity contribution is -0.139. The topological polar surface area (TPSA) is 136 Å². The Kier molecular flexibility index (Phi) is 12.7. The molecule has 5 N–H and O–H groups in total. The van der Waals surface area contributed by atoms with Crippen molar-refractivity contribution in [1.82, 2.24) is 4.90 Å². The number of carbonyl (C=O) groups excluding carboxylic acids is 3. The number of nitrogens with two attached hydrogens (primary N) is 1. The van der Waals surface area contributed by atoms with E-state index in [1.807, 2.05) is 43.3 Å². The molecule has 1 heterocycles. The molecule has 258 valence electrons. The maximum Gasteiger partial charge on any atom is 0.264 e. The van der Waals surface area contributed by atoms with Gasteiger partial charge < -0.3 is 31.1 Å². The molecule has 0 bridgehead atoms. The highest BCUT2D eigenvalue weighted by Gasteiger charge is 2.52. The number of nitrogens with one attached hydrogen (secondary N) is 1. The fourth-order valence-electron chi connectivity index (χ4n) is 5.84. The van der Waals surface area contributed by atoms with Crippen molar-refractivity contribution in [2.75, 3.05) is 35.6 Å². The zero-order valence-electron chi connectivity index (χ0n) is 28.9. The normalized spacial score (nSPS) is 16.4. The first-order valence-corrected chi connectivity index (χ1v) is 16.7. The highest BCUT2D eigenvalue weighted by Crippen LogP contribution is 2.46. The van der Waals surface area contributed by atoms with Crippen molar-refractivity contribution in [2.45, 2.75) is 59.1 Å². The molecule has 3 aromatic carbocycles. The van der Waals surface area contributed by atoms with Gasteiger partial charge in [0.15, 0.2) is 5.60 Å². The van der Waals surface area contributed by atoms with E-state index in [9.17, 15) is 24.6 Å². The predicted molar refractivity (Wildman–Crippen MR) is 196 cm³/mol. The molecule has 0 fully saturated rings. The van der Waals surface area contributed by atoms with Crippen LogP contribution in [0, 0.1) is 5.92 Å². The van der Waals surface area contributed by atoms with E-state index in [0.717, 1.165) is 24.0 Å². The van der Waals surface area contributed by atoms with E-state index in [0.29, 0.717) is 34.7 Å². The highest BCUT2D eigenvalue weighted by atomic mass is 16.3. The van der Waals surface area contributed by atoms with E-state index in [2.05, 4.69) is 25.2 Å². The van der Waals surface area contributed by atoms with Gasteiger partial charge in [0.1, 0.15) is 0 Å². The molecule has 49 heavy (non-hydrogen) atoms. The molecule has 0 aliphatic carbocycles. The maximum atomic E-state index is 14.1. The molecule has 2 atom stereocenters. The molecule has 0 aromatic heterocycles. The number of rotatable bonds is 15. The number of hydrogen-bond acceptors (Lipinski definition) is 6. The van der Waals surface area contributed by atoms with E-state index in [4.69, 9.17) is 5.73 Å². The molecule has 0 saturated carbocycles. The van der Waals surface area contributed by atoms with Crippen LogP contribution in [0.15, 0.2) is 108 Å². The van der Waals surface area contributed by atoms with Crippen molar-refractivity contribution in [1.29, 1.82) is 0 Å². The van der Waals surface area contributed by atoms with E-state index in [1.54, 1.807) is 71.3 Å². The Morgan fingerprint density at radius 2 is 1.73 bits per heavy atom. The zero-order valence-corrected chi connectivity index (χ0v) is 28.9. The van der Waals surface area contributed by atoms with Gasteiger partial charge in [-0.1, -0.05) is 72.7 Å². The fraction of sp³-hybridized carbons (Fsp3) is 0.325. The molecule has 3 aromatic rings. The number of aliphatic hydroxyl groups is 2. The first-order chi connectivity index (χ1) is 23.4. The van der Waals surface area contributed by atoms with Crippen LogP contribution in [-0.2, 0) is 21.7 Å². The van der Waals surface area contributed by atoms with Gasteiger partial charge in [0.25, 0.3) is 11.8 Å². The third-order valence-corrected chi connectivity index (χ3v) is 8.73. The Morgan fingerprint density at radius 1 is 1.02 bits per heavy atom. The molecular weight excluding hydrogens is 616 g/mol. The van der Waals surface area contributed by atoms with Crippen LogP contribution in [0.4, 0.5) is 17.1 Å². The lowest BCUT2D eigenvalue weighted by Crippen LogP contribution is -2.44. The SMILES string of the molecule is CC(C)=CCC/C(C)=C/CN1C(=O)[C@](O)([C@H](C)/C=C/CC(=O)N(CCO)Cc2ccccc2)c2cc(NC(=O)c3ccc(N)cc3)ccc21. The lowest BCUT2D eigenvalue weighted by atomic mass is 9.82. The molecule has 0 saturated heterocycles. The average molecular weight is 665 g/mol. The van der Waals surface area contributed by atoms with Gasteiger partial charge in [-0.2, -0.15) is 0 Å². The molecule has 4 rings (SSSR count). The van der Waals surface area contributed by atoms with Gasteiger partial charge in [0.2, 0.25) is 5.91 Å². The van der Waals surface area contributed by atoms with Crippen molar-refractivity contribution < 1.29 is 24.6 Å². The Bertz CT molecular complexity index is 1710. The van der Waals surface area contributed by atoms with Crippen LogP contribution in [0.3, 0.4) is 0 Å². The summed E-state index contributed by atoms with van der Waals surface area (Å²) in [5.74, 6) is -1.74. The van der Waals surface area contributed by atoms with Gasteiger partial charge in [-0.3, -0.25) is 14.4 Å². The number of fused-ring (bicyclic) bond motifs is 1. The molecule has 3 amide bonds. The van der Waals surface area contributed by atoms with Crippen LogP contribution in [0.1, 0.15) is 68.4 Å². The summed E-state index contributed by atoms with van der Waals surface area (Å²) in [6.07, 6.45) is 9.31. The molecule has 1 aliphatic heterocycles. The summed E-state index contributed by atoms with van der Waals surface area (Å²) in [4.78, 5) is 43.4. The standard InChI is InChI=1S/C40H48N4O5/c1-28(2)10-8-11-29(3)22-23-44-36-21-20-34(42-38(47)32-16-18-33(41)19-17-32)26-35(36)40(49,39(44)48)30(4)12-9-15-37(46)43(24-25-45)27-31-13-6-5-7-14-31/h5-7,9-10,12-14,16-22,26,30,45,49H,8,11,15,23-25,27,41H2,1-4H3,(H,42,47)/b12-9+,29-22+/t30-,40+/m1/s1. The fourth-order valence-corrected chi connectivity index (χ4v) is 5.84. The van der Waals surface area contributed by atoms with Crippen LogP contribution in [-0.4, -0.2) is 52.5 Å². The number of nitrogen functional groups attached to an aromatic ring is 1. The number of hydrogen-bond donors (Lipinski definition) is 4. The Morgan fingerprint density at radius 3 is 2.41 bits per heavy atom. The molecule has 1 aliphatic rings. The Balaban J connectivity index is 1.59. The molecule has 0 radical (unpaired) electrons. The first kappa shape index (κ1) is 36.8. The summed E-state index contributed by atoms with van der Waals surface area (Å²) in [5.41, 5.74) is 9.47. The van der Waals surface area contributed by atoms with Crippen molar-refractivity contribution in [3.63, 3.8) is 0 Å². The van der Waals surface area contributed by atoms with Crippen molar-refractivity contribution >= 4 is 34.8 Å². The first-order valence-electron chi connectivity index (χ1n) is 16.7. The molecular formula is C40H48N4O5. The van der Waals surface area contributed by atoms with Gasteiger partial charge in [-0.25, -0.2) is 0 Å². The number of aliphatic hydroxyl groups excluding tert-OH is 1. The molecule has 0 spiro atoms. The van der Waals surface area contributed by atoms with Gasteiger partial charge >= 0.3 is 0 Å². The van der Waals surface area contributed by atoms with Gasteiger partial charge in [0.05, 0.1) is 12.3 Å². The third-order valence-electron chi connectivity index (χ3n) is 8.73. The van der Waals surface area contributed by atoms with Crippen LogP contribution < -0.4 is 16.0 Å². The van der Waals surface area contributed by atoms with E-state index >= 15 is 0 Å². The number of carbonyl (C=O) groups is 3. The van der Waals surface area contributed by atoms with E-state index in [-0.39, 0.29) is 37.9 Å². The van der Waals surface area contributed by atoms with Crippen LogP contribution in [0.5, 0.6) is 0 Å². The predicted octanol–water partition coefficient (Wildman–Crippen LogP) is 6.35. The third kappa shape index (κ3) is 9.34. The van der Waals surface area contributed by atoms with Crippen LogP contribution in [0.25, 0.3) is 0 Å². The second-order valence-corrected chi connectivity index (χ2v) is 12.8. The Labute approximate surface area is 289 Å². The Hall–Kier alpha value is -4.99. The van der Waals surface area contributed by atoms with Crippen molar-refractivity contribution in [3.8, 4) is 0 Å². The van der Waals surface area contributed by atoms with E-state index < -0.39 is 17.4 Å². The lowest BCUT2D eigenvalue weighted by Gasteiger charge is -2.28. The number of nitrogens with zero attached hydrogens (tertiary/aromatic N) is 2. The quantitative estimate of drug-likeness (QED) is 0.110. The van der Waals surface area contributed by atoms with Crippen LogP contribution >= 0.6 is 0 Å². The number of benzene rings is 3. The number of allylic oxidation sites excluding steroid dienone is 3. The number of anilines is 3. The van der Waals surface area contributed by atoms with Crippen molar-refractivity contribution in [2.24, 2.45) is 5.92 Å². The second kappa shape index (κ2) is 16.9. The van der Waals surface area contributed by atoms with Crippen LogP contribution in [0.2, 0.25) is 0 Å². The highest BCUT2D eigenvalue weighted by molar-refractivity contribution is 6.09. The minimum atomic E-state index is -1.95. The largest absolute Gasteiger partial charge is 0.399 e. The molecule has 9 heteroatoms. The second-order valence-electron chi connectivity index (χ2n) is 12.8. The summed E-state index contributed by atoms with van der Waals surface area (Å²) in [7, 11) is 0. The summed E-state index contributed by atoms with van der Waals surface area (Å²) in [6.45, 7) is 8.55. The van der Waals surface area contributed by atoms with Crippen molar-refractivity contribution in [3.05, 3.63) is 125 Å². The summed E-state index contributed by atoms with van der Waals surface area (Å²) >= 11 is 0. The van der Waals surface area contributed by atoms with Gasteiger partial charge in [-0.15, -0.1) is 0 Å². The minimum absolute atomic E-state index is 0.0311. The van der Waals surface area contributed by atoms with Gasteiger partial charge in [-0.05, 0) is 81.6 Å². The summed E-state index contributed by atoms with van der Waals surface area (Å²) < 4.78 is 0. The summed E-state index contributed by atoms with van der Waals surface area (Å²) in [5, 5.41) is 24.7. The smallest absolute Gasteiger partial charge is 0.264 e. The van der Waals surface area contributed by atoms with Gasteiger partial charge in [0, 0.05) is 54.5 Å². The average Bonchev–Trinajstić information content (AvgIpc) is 3.29. The molecule has 0 unspecified atom stereocenters. The number of amides is 3.